The lowest BCUT2D eigenvalue weighted by Gasteiger charge is -2.48. The van der Waals surface area contributed by atoms with Crippen LogP contribution >= 0.6 is 0 Å². The Morgan fingerprint density at radius 1 is 1.36 bits per heavy atom. The van der Waals surface area contributed by atoms with Crippen molar-refractivity contribution in [3.8, 4) is 0 Å². The summed E-state index contributed by atoms with van der Waals surface area (Å²) >= 11 is 0. The van der Waals surface area contributed by atoms with E-state index >= 15 is 0 Å². The zero-order chi connectivity index (χ0) is 7.73. The van der Waals surface area contributed by atoms with E-state index in [0.717, 1.165) is 19.8 Å². The van der Waals surface area contributed by atoms with Crippen LogP contribution in [0.15, 0.2) is 0 Å². The molecule has 0 unspecified atom stereocenters. The van der Waals surface area contributed by atoms with E-state index in [0.29, 0.717) is 5.54 Å². The van der Waals surface area contributed by atoms with Crippen molar-refractivity contribution in [1.29, 1.82) is 0 Å². The first kappa shape index (κ1) is 7.53. The van der Waals surface area contributed by atoms with Crippen molar-refractivity contribution >= 4 is 0 Å². The molecule has 2 saturated heterocycles. The molecular weight excluding hydrogens is 140 g/mol. The maximum Gasteiger partial charge on any atom is 0.0591 e. The van der Waals surface area contributed by atoms with Crippen molar-refractivity contribution in [1.82, 2.24) is 10.2 Å². The van der Waals surface area contributed by atoms with Gasteiger partial charge >= 0.3 is 0 Å². The second kappa shape index (κ2) is 2.73. The van der Waals surface area contributed by atoms with Gasteiger partial charge < -0.3 is 15.0 Å². The van der Waals surface area contributed by atoms with E-state index in [1.165, 1.54) is 19.5 Å². The summed E-state index contributed by atoms with van der Waals surface area (Å²) in [6, 6.07) is 0. The Hall–Kier alpha value is -0.120. The molecule has 3 heteroatoms. The highest BCUT2D eigenvalue weighted by Crippen LogP contribution is 2.23. The minimum absolute atomic E-state index is 0.408. The van der Waals surface area contributed by atoms with Crippen LogP contribution in [-0.4, -0.2) is 50.3 Å². The van der Waals surface area contributed by atoms with Crippen molar-refractivity contribution in [3.63, 3.8) is 0 Å². The highest BCUT2D eigenvalue weighted by molar-refractivity contribution is 5.01. The van der Waals surface area contributed by atoms with Gasteiger partial charge in [-0.1, -0.05) is 0 Å². The number of rotatable bonds is 0. The van der Waals surface area contributed by atoms with Gasteiger partial charge in [-0.15, -0.1) is 0 Å². The number of hydrogen-bond acceptors (Lipinski definition) is 3. The van der Waals surface area contributed by atoms with Crippen LogP contribution < -0.4 is 5.32 Å². The van der Waals surface area contributed by atoms with E-state index in [2.05, 4.69) is 17.3 Å². The van der Waals surface area contributed by atoms with Gasteiger partial charge in [-0.2, -0.15) is 0 Å². The highest BCUT2D eigenvalue weighted by atomic mass is 16.5. The smallest absolute Gasteiger partial charge is 0.0591 e. The van der Waals surface area contributed by atoms with Crippen LogP contribution in [0.1, 0.15) is 6.42 Å². The molecule has 1 spiro atoms. The van der Waals surface area contributed by atoms with Gasteiger partial charge in [0.15, 0.2) is 0 Å². The van der Waals surface area contributed by atoms with E-state index in [1.54, 1.807) is 0 Å². The van der Waals surface area contributed by atoms with Gasteiger partial charge in [0, 0.05) is 31.8 Å². The molecule has 0 atom stereocenters. The third-order valence-corrected chi connectivity index (χ3v) is 2.62. The minimum Gasteiger partial charge on any atom is -0.380 e. The van der Waals surface area contributed by atoms with E-state index in [9.17, 15) is 0 Å². The Bertz CT molecular complexity index is 133. The van der Waals surface area contributed by atoms with E-state index in [-0.39, 0.29) is 0 Å². The third kappa shape index (κ3) is 1.41. The van der Waals surface area contributed by atoms with Crippen LogP contribution in [0, 0.1) is 0 Å². The number of likely N-dealkylation sites (N-methyl/N-ethyl adjacent to an activating group) is 1. The van der Waals surface area contributed by atoms with Crippen molar-refractivity contribution in [2.24, 2.45) is 0 Å². The van der Waals surface area contributed by atoms with Crippen molar-refractivity contribution in [3.05, 3.63) is 0 Å². The Balaban J connectivity index is 1.91. The maximum atomic E-state index is 5.38. The summed E-state index contributed by atoms with van der Waals surface area (Å²) in [5.41, 5.74) is 0.408. The summed E-state index contributed by atoms with van der Waals surface area (Å²) in [6.45, 7) is 5.22. The van der Waals surface area contributed by atoms with Crippen LogP contribution in [0.25, 0.3) is 0 Å². The molecule has 0 aromatic rings. The predicted octanol–water partition coefficient (Wildman–Crippen LogP) is -0.319. The fraction of sp³-hybridized carbons (Fsp3) is 1.00. The first-order chi connectivity index (χ1) is 5.31. The lowest BCUT2D eigenvalue weighted by Crippen LogP contribution is -2.67. The van der Waals surface area contributed by atoms with Gasteiger partial charge in [0.25, 0.3) is 0 Å². The molecule has 3 nitrogen and oxygen atoms in total. The zero-order valence-corrected chi connectivity index (χ0v) is 7.10. The summed E-state index contributed by atoms with van der Waals surface area (Å²) in [5, 5.41) is 3.56. The Morgan fingerprint density at radius 2 is 2.18 bits per heavy atom. The lowest BCUT2D eigenvalue weighted by atomic mass is 9.87. The van der Waals surface area contributed by atoms with Crippen LogP contribution in [0.2, 0.25) is 0 Å². The number of nitrogens with zero attached hydrogens (tertiary/aromatic N) is 1. The van der Waals surface area contributed by atoms with Gasteiger partial charge in [0.1, 0.15) is 0 Å². The summed E-state index contributed by atoms with van der Waals surface area (Å²) in [4.78, 5) is 2.35. The molecule has 2 aliphatic heterocycles. The van der Waals surface area contributed by atoms with Gasteiger partial charge in [0.05, 0.1) is 6.61 Å². The van der Waals surface area contributed by atoms with Crippen molar-refractivity contribution in [2.45, 2.75) is 12.0 Å². The van der Waals surface area contributed by atoms with Crippen LogP contribution in [0.4, 0.5) is 0 Å². The van der Waals surface area contributed by atoms with Gasteiger partial charge in [0.2, 0.25) is 0 Å². The number of nitrogens with one attached hydrogen (secondary N) is 1. The van der Waals surface area contributed by atoms with Crippen molar-refractivity contribution < 1.29 is 4.74 Å². The molecule has 2 aliphatic rings. The van der Waals surface area contributed by atoms with E-state index < -0.39 is 0 Å². The second-order valence-electron chi connectivity index (χ2n) is 3.74. The SMILES string of the molecule is CN1CC2(CCOCCN2)C1. The standard InChI is InChI=1S/C8H16N2O/c1-10-6-8(7-10)2-4-11-5-3-9-8/h9H,2-7H2,1H3. The molecule has 0 radical (unpaired) electrons. The third-order valence-electron chi connectivity index (χ3n) is 2.62. The van der Waals surface area contributed by atoms with Gasteiger partial charge in [-0.05, 0) is 13.5 Å². The van der Waals surface area contributed by atoms with Crippen molar-refractivity contribution in [2.75, 3.05) is 39.9 Å². The first-order valence-corrected chi connectivity index (χ1v) is 4.32. The maximum absolute atomic E-state index is 5.38. The minimum atomic E-state index is 0.408. The molecule has 2 rings (SSSR count). The normalized spacial score (nSPS) is 31.4. The average Bonchev–Trinajstić information content (AvgIpc) is 2.12. The number of ether oxygens (including phenoxy) is 1. The molecule has 2 fully saturated rings. The quantitative estimate of drug-likeness (QED) is 0.520. The Labute approximate surface area is 67.7 Å². The molecular formula is C8H16N2O. The average molecular weight is 156 g/mol. The van der Waals surface area contributed by atoms with Crippen LogP contribution in [-0.2, 0) is 4.74 Å². The molecule has 0 saturated carbocycles. The topological polar surface area (TPSA) is 24.5 Å². The summed E-state index contributed by atoms with van der Waals surface area (Å²) in [6.07, 6.45) is 1.18. The first-order valence-electron chi connectivity index (χ1n) is 4.32. The lowest BCUT2D eigenvalue weighted by molar-refractivity contribution is 0.0556. The summed E-state index contributed by atoms with van der Waals surface area (Å²) in [7, 11) is 2.17. The summed E-state index contributed by atoms with van der Waals surface area (Å²) in [5.74, 6) is 0. The largest absolute Gasteiger partial charge is 0.380 e. The van der Waals surface area contributed by atoms with Gasteiger partial charge in [-0.3, -0.25) is 0 Å². The molecule has 64 valence electrons. The van der Waals surface area contributed by atoms with Crippen LogP contribution in [0.5, 0.6) is 0 Å². The second-order valence-corrected chi connectivity index (χ2v) is 3.74. The van der Waals surface area contributed by atoms with E-state index in [1.807, 2.05) is 0 Å². The molecule has 0 aromatic heterocycles. The Morgan fingerprint density at radius 3 is 2.91 bits per heavy atom. The molecule has 1 N–H and O–H groups in total. The molecule has 0 aliphatic carbocycles. The zero-order valence-electron chi connectivity index (χ0n) is 7.10. The van der Waals surface area contributed by atoms with Crippen LogP contribution in [0.3, 0.4) is 0 Å². The molecule has 0 bridgehead atoms. The Kier molecular flexibility index (Phi) is 1.87. The van der Waals surface area contributed by atoms with E-state index in [4.69, 9.17) is 4.74 Å². The fourth-order valence-corrected chi connectivity index (χ4v) is 2.10. The highest BCUT2D eigenvalue weighted by Gasteiger charge is 2.40. The molecule has 0 aromatic carbocycles. The molecule has 0 amide bonds. The summed E-state index contributed by atoms with van der Waals surface area (Å²) < 4.78 is 5.38. The molecule has 2 heterocycles. The monoisotopic (exact) mass is 156 g/mol. The number of hydrogen-bond donors (Lipinski definition) is 1. The van der Waals surface area contributed by atoms with Gasteiger partial charge in [-0.25, -0.2) is 0 Å². The fourth-order valence-electron chi connectivity index (χ4n) is 2.10. The predicted molar refractivity (Wildman–Crippen MR) is 43.7 cm³/mol. The number of likely N-dealkylation sites (tertiary alicyclic amines) is 1. The molecule has 11 heavy (non-hydrogen) atoms.